The van der Waals surface area contributed by atoms with Crippen molar-refractivity contribution in [3.8, 4) is 0 Å². The molecule has 0 saturated heterocycles. The average Bonchev–Trinajstić information content (AvgIpc) is 2.75. The van der Waals surface area contributed by atoms with Gasteiger partial charge in [-0.25, -0.2) is 0 Å². The van der Waals surface area contributed by atoms with Gasteiger partial charge in [0.05, 0.1) is 10.2 Å². The Balaban J connectivity index is 2.04. The fraction of sp³-hybridized carbons (Fsp3) is 0.357. The fourth-order valence-electron chi connectivity index (χ4n) is 2.25. The maximum absolute atomic E-state index is 11.7. The number of thiazole rings is 1. The topological polar surface area (TPSA) is 46.7 Å². The molecule has 0 spiro atoms. The lowest BCUT2D eigenvalue weighted by Crippen LogP contribution is -2.19. The first-order valence-electron chi connectivity index (χ1n) is 6.44. The van der Waals surface area contributed by atoms with E-state index in [1.54, 1.807) is 11.3 Å². The summed E-state index contributed by atoms with van der Waals surface area (Å²) >= 11 is 1.59. The molecule has 1 heterocycles. The third-order valence-corrected chi connectivity index (χ3v) is 4.46. The molecule has 3 rings (SSSR count). The van der Waals surface area contributed by atoms with Crippen LogP contribution >= 0.6 is 11.3 Å². The second kappa shape index (κ2) is 5.09. The van der Waals surface area contributed by atoms with Crippen LogP contribution in [0.3, 0.4) is 0 Å². The minimum atomic E-state index is 0.152. The number of nitrogens with zero attached hydrogens (tertiary/aromatic N) is 3. The van der Waals surface area contributed by atoms with Gasteiger partial charge in [-0.3, -0.25) is 4.79 Å². The van der Waals surface area contributed by atoms with E-state index in [0.29, 0.717) is 12.1 Å². The highest BCUT2D eigenvalue weighted by Gasteiger charge is 2.16. The number of rotatable bonds is 1. The summed E-state index contributed by atoms with van der Waals surface area (Å²) in [6.45, 7) is 0. The van der Waals surface area contributed by atoms with Crippen LogP contribution in [0, 0.1) is 0 Å². The van der Waals surface area contributed by atoms with E-state index in [1.807, 2.05) is 23.7 Å². The van der Waals surface area contributed by atoms with E-state index in [-0.39, 0.29) is 5.78 Å². The average molecular weight is 273 g/mol. The number of carbonyl (C=O) groups is 1. The fourth-order valence-corrected chi connectivity index (χ4v) is 3.22. The number of ketones is 1. The molecule has 1 fully saturated rings. The predicted molar refractivity (Wildman–Crippen MR) is 77.3 cm³/mol. The highest BCUT2D eigenvalue weighted by atomic mass is 32.1. The van der Waals surface area contributed by atoms with Crippen LogP contribution in [-0.4, -0.2) is 16.1 Å². The highest BCUT2D eigenvalue weighted by Crippen LogP contribution is 2.15. The molecule has 1 aliphatic rings. The molecule has 0 amide bonds. The Bertz CT molecular complexity index is 724. The first-order chi connectivity index (χ1) is 9.25. The SMILES string of the molecule is Cn1c(=NN=C2CCCCC2=O)sc2ccccc21. The maximum atomic E-state index is 11.7. The molecule has 0 unspecified atom stereocenters. The summed E-state index contributed by atoms with van der Waals surface area (Å²) in [4.78, 5) is 12.5. The summed E-state index contributed by atoms with van der Waals surface area (Å²) in [6, 6.07) is 8.15. The molecular formula is C14H15N3OS. The van der Waals surface area contributed by atoms with E-state index < -0.39 is 0 Å². The van der Waals surface area contributed by atoms with E-state index in [9.17, 15) is 4.79 Å². The quantitative estimate of drug-likeness (QED) is 0.737. The number of hydrogen-bond donors (Lipinski definition) is 0. The standard InChI is InChI=1S/C14H15N3OS/c1-17-11-7-3-5-9-13(11)19-14(17)16-15-10-6-2-4-8-12(10)18/h3,5,7,9H,2,4,6,8H2,1H3. The van der Waals surface area contributed by atoms with Gasteiger partial charge in [-0.2, -0.15) is 0 Å². The van der Waals surface area contributed by atoms with Crippen LogP contribution in [0.15, 0.2) is 34.5 Å². The Hall–Kier alpha value is -1.75. The molecule has 0 bridgehead atoms. The van der Waals surface area contributed by atoms with Gasteiger partial charge in [0.25, 0.3) is 0 Å². The summed E-state index contributed by atoms with van der Waals surface area (Å²) in [7, 11) is 1.97. The van der Waals surface area contributed by atoms with Crippen LogP contribution in [0.4, 0.5) is 0 Å². The Kier molecular flexibility index (Phi) is 3.29. The smallest absolute Gasteiger partial charge is 0.211 e. The summed E-state index contributed by atoms with van der Waals surface area (Å²) in [5.41, 5.74) is 1.77. The molecule has 0 radical (unpaired) electrons. The molecule has 4 nitrogen and oxygen atoms in total. The van der Waals surface area contributed by atoms with E-state index in [1.165, 1.54) is 4.70 Å². The van der Waals surface area contributed by atoms with Gasteiger partial charge in [-0.1, -0.05) is 23.5 Å². The lowest BCUT2D eigenvalue weighted by molar-refractivity contribution is -0.113. The van der Waals surface area contributed by atoms with Gasteiger partial charge in [0.2, 0.25) is 4.80 Å². The largest absolute Gasteiger partial charge is 0.318 e. The number of Topliss-reactive ketones (excluding diaryl/α,β-unsaturated/α-hetero) is 1. The number of para-hydroxylation sites is 1. The van der Waals surface area contributed by atoms with Crippen LogP contribution in [0.2, 0.25) is 0 Å². The number of hydrogen-bond acceptors (Lipinski definition) is 4. The van der Waals surface area contributed by atoms with Crippen molar-refractivity contribution in [3.05, 3.63) is 29.1 Å². The van der Waals surface area contributed by atoms with Crippen LogP contribution in [0.5, 0.6) is 0 Å². The van der Waals surface area contributed by atoms with Crippen molar-refractivity contribution in [2.75, 3.05) is 0 Å². The van der Waals surface area contributed by atoms with E-state index in [0.717, 1.165) is 29.6 Å². The maximum Gasteiger partial charge on any atom is 0.211 e. The Morgan fingerprint density at radius 1 is 1.16 bits per heavy atom. The first-order valence-corrected chi connectivity index (χ1v) is 7.25. The van der Waals surface area contributed by atoms with E-state index in [2.05, 4.69) is 22.3 Å². The molecule has 1 saturated carbocycles. The van der Waals surface area contributed by atoms with Gasteiger partial charge in [-0.05, 0) is 31.4 Å². The zero-order valence-electron chi connectivity index (χ0n) is 10.8. The van der Waals surface area contributed by atoms with Gasteiger partial charge in [0, 0.05) is 13.5 Å². The monoisotopic (exact) mass is 273 g/mol. The number of aromatic nitrogens is 1. The van der Waals surface area contributed by atoms with Crippen LogP contribution in [0.1, 0.15) is 25.7 Å². The van der Waals surface area contributed by atoms with Crippen molar-refractivity contribution in [2.24, 2.45) is 17.3 Å². The molecule has 1 aromatic carbocycles. The number of fused-ring (bicyclic) bond motifs is 1. The predicted octanol–water partition coefficient (Wildman–Crippen LogP) is 2.64. The summed E-state index contributed by atoms with van der Waals surface area (Å²) in [5.74, 6) is 0.152. The van der Waals surface area contributed by atoms with E-state index in [4.69, 9.17) is 0 Å². The van der Waals surface area contributed by atoms with Gasteiger partial charge in [0.1, 0.15) is 5.71 Å². The van der Waals surface area contributed by atoms with Crippen molar-refractivity contribution in [1.82, 2.24) is 4.57 Å². The van der Waals surface area contributed by atoms with Crippen molar-refractivity contribution >= 4 is 33.0 Å². The van der Waals surface area contributed by atoms with Gasteiger partial charge < -0.3 is 4.57 Å². The van der Waals surface area contributed by atoms with E-state index >= 15 is 0 Å². The molecular weight excluding hydrogens is 258 g/mol. The lowest BCUT2D eigenvalue weighted by atomic mass is 9.97. The van der Waals surface area contributed by atoms with Gasteiger partial charge in [-0.15, -0.1) is 10.2 Å². The zero-order valence-corrected chi connectivity index (χ0v) is 11.6. The number of aryl methyl sites for hydroxylation is 1. The highest BCUT2D eigenvalue weighted by molar-refractivity contribution is 7.16. The van der Waals surface area contributed by atoms with Crippen molar-refractivity contribution < 1.29 is 4.79 Å². The van der Waals surface area contributed by atoms with Crippen molar-refractivity contribution in [2.45, 2.75) is 25.7 Å². The summed E-state index contributed by atoms with van der Waals surface area (Å²) in [6.07, 6.45) is 3.40. The number of benzene rings is 1. The van der Waals surface area contributed by atoms with Crippen molar-refractivity contribution in [3.63, 3.8) is 0 Å². The molecule has 0 atom stereocenters. The Labute approximate surface area is 115 Å². The molecule has 5 heteroatoms. The van der Waals surface area contributed by atoms with Gasteiger partial charge >= 0.3 is 0 Å². The minimum Gasteiger partial charge on any atom is -0.318 e. The van der Waals surface area contributed by atoms with Crippen LogP contribution in [0.25, 0.3) is 10.2 Å². The lowest BCUT2D eigenvalue weighted by Gasteiger charge is -2.08. The second-order valence-corrected chi connectivity index (χ2v) is 5.70. The Morgan fingerprint density at radius 3 is 2.74 bits per heavy atom. The molecule has 19 heavy (non-hydrogen) atoms. The molecule has 0 N–H and O–H groups in total. The number of carbonyl (C=O) groups excluding carboxylic acids is 1. The second-order valence-electron chi connectivity index (χ2n) is 4.69. The molecule has 0 aliphatic heterocycles. The molecule has 98 valence electrons. The van der Waals surface area contributed by atoms with Crippen molar-refractivity contribution in [1.29, 1.82) is 0 Å². The zero-order chi connectivity index (χ0) is 13.2. The summed E-state index contributed by atoms with van der Waals surface area (Å²) < 4.78 is 3.19. The third-order valence-electron chi connectivity index (χ3n) is 3.36. The minimum absolute atomic E-state index is 0.152. The third kappa shape index (κ3) is 2.38. The van der Waals surface area contributed by atoms with Gasteiger partial charge in [0.15, 0.2) is 5.78 Å². The Morgan fingerprint density at radius 2 is 1.95 bits per heavy atom. The summed E-state index contributed by atoms with van der Waals surface area (Å²) in [5, 5.41) is 8.44. The van der Waals surface area contributed by atoms with Crippen LogP contribution in [-0.2, 0) is 11.8 Å². The normalized spacial score (nSPS) is 19.5. The first kappa shape index (κ1) is 12.3. The molecule has 2 aromatic rings. The molecule has 1 aromatic heterocycles. The molecule has 1 aliphatic carbocycles. The van der Waals surface area contributed by atoms with Crippen LogP contribution < -0.4 is 4.80 Å².